The summed E-state index contributed by atoms with van der Waals surface area (Å²) >= 11 is 6.70. The highest BCUT2D eigenvalue weighted by molar-refractivity contribution is 9.11. The molecule has 0 atom stereocenters. The molecular weight excluding hydrogens is 390 g/mol. The second-order valence-corrected chi connectivity index (χ2v) is 6.13. The van der Waals surface area contributed by atoms with E-state index in [-0.39, 0.29) is 11.9 Å². The summed E-state index contributed by atoms with van der Waals surface area (Å²) in [6.45, 7) is 0.601. The smallest absolute Gasteiger partial charge is 0.305 e. The van der Waals surface area contributed by atoms with Gasteiger partial charge in [0.1, 0.15) is 0 Å². The van der Waals surface area contributed by atoms with Crippen LogP contribution in [-0.2, 0) is 9.53 Å². The Morgan fingerprint density at radius 1 is 1.10 bits per heavy atom. The van der Waals surface area contributed by atoms with Crippen molar-refractivity contribution in [1.29, 1.82) is 0 Å². The average molecular weight is 407 g/mol. The van der Waals surface area contributed by atoms with Gasteiger partial charge in [0.25, 0.3) is 5.91 Å². The molecule has 0 aliphatic carbocycles. The van der Waals surface area contributed by atoms with Gasteiger partial charge >= 0.3 is 5.97 Å². The summed E-state index contributed by atoms with van der Waals surface area (Å²) < 4.78 is 6.27. The SMILES string of the molecule is COC(=O)CCCCCNC(=O)c1cc(Br)cc(Br)c1. The van der Waals surface area contributed by atoms with E-state index in [9.17, 15) is 9.59 Å². The van der Waals surface area contributed by atoms with Gasteiger partial charge in [-0.3, -0.25) is 9.59 Å². The number of benzene rings is 1. The number of hydrogen-bond acceptors (Lipinski definition) is 3. The van der Waals surface area contributed by atoms with E-state index < -0.39 is 0 Å². The van der Waals surface area contributed by atoms with E-state index in [1.165, 1.54) is 7.11 Å². The maximum absolute atomic E-state index is 11.9. The van der Waals surface area contributed by atoms with Gasteiger partial charge in [0.05, 0.1) is 7.11 Å². The molecule has 0 spiro atoms. The third-order valence-corrected chi connectivity index (χ3v) is 3.61. The predicted molar refractivity (Wildman–Crippen MR) is 84.7 cm³/mol. The summed E-state index contributed by atoms with van der Waals surface area (Å²) in [7, 11) is 1.39. The first-order chi connectivity index (χ1) is 9.52. The van der Waals surface area contributed by atoms with Crippen LogP contribution in [0.4, 0.5) is 0 Å². The Kier molecular flexibility index (Phi) is 7.84. The van der Waals surface area contributed by atoms with E-state index in [0.717, 1.165) is 28.2 Å². The lowest BCUT2D eigenvalue weighted by Crippen LogP contribution is -2.24. The van der Waals surface area contributed by atoms with Crippen LogP contribution in [0.25, 0.3) is 0 Å². The van der Waals surface area contributed by atoms with Crippen molar-refractivity contribution >= 4 is 43.7 Å². The Morgan fingerprint density at radius 2 is 1.75 bits per heavy atom. The number of carbonyl (C=O) groups excluding carboxylic acids is 2. The minimum atomic E-state index is -0.187. The number of ether oxygens (including phenoxy) is 1. The van der Waals surface area contributed by atoms with E-state index in [4.69, 9.17) is 0 Å². The van der Waals surface area contributed by atoms with Crippen LogP contribution < -0.4 is 5.32 Å². The van der Waals surface area contributed by atoms with Crippen LogP contribution in [0.5, 0.6) is 0 Å². The molecular formula is C14H17Br2NO3. The molecule has 20 heavy (non-hydrogen) atoms. The number of methoxy groups -OCH3 is 1. The maximum atomic E-state index is 11.9. The second-order valence-electron chi connectivity index (χ2n) is 4.30. The van der Waals surface area contributed by atoms with Crippen molar-refractivity contribution in [3.05, 3.63) is 32.7 Å². The fourth-order valence-electron chi connectivity index (χ4n) is 1.66. The van der Waals surface area contributed by atoms with Gasteiger partial charge in [-0.05, 0) is 31.0 Å². The van der Waals surface area contributed by atoms with E-state index in [2.05, 4.69) is 41.9 Å². The molecule has 1 aromatic carbocycles. The lowest BCUT2D eigenvalue weighted by molar-refractivity contribution is -0.140. The van der Waals surface area contributed by atoms with Gasteiger partial charge in [0.2, 0.25) is 0 Å². The van der Waals surface area contributed by atoms with Crippen LogP contribution in [0.15, 0.2) is 27.1 Å². The first-order valence-corrected chi connectivity index (χ1v) is 7.92. The lowest BCUT2D eigenvalue weighted by atomic mass is 10.2. The maximum Gasteiger partial charge on any atom is 0.305 e. The number of amides is 1. The van der Waals surface area contributed by atoms with Gasteiger partial charge in [-0.15, -0.1) is 0 Å². The molecule has 1 N–H and O–H groups in total. The molecule has 0 unspecified atom stereocenters. The molecule has 0 fully saturated rings. The van der Waals surface area contributed by atoms with Crippen molar-refractivity contribution in [3.63, 3.8) is 0 Å². The molecule has 110 valence electrons. The van der Waals surface area contributed by atoms with Crippen molar-refractivity contribution in [3.8, 4) is 0 Å². The predicted octanol–water partition coefficient (Wildman–Crippen LogP) is 3.67. The van der Waals surface area contributed by atoms with E-state index in [1.54, 1.807) is 12.1 Å². The lowest BCUT2D eigenvalue weighted by Gasteiger charge is -2.06. The standard InChI is InChI=1S/C14H17Br2NO3/c1-20-13(18)5-3-2-4-6-17-14(19)10-7-11(15)9-12(16)8-10/h7-9H,2-6H2,1H3,(H,17,19). The van der Waals surface area contributed by atoms with Gasteiger partial charge < -0.3 is 10.1 Å². The zero-order chi connectivity index (χ0) is 15.0. The summed E-state index contributed by atoms with van der Waals surface area (Å²) in [5.41, 5.74) is 0.612. The van der Waals surface area contributed by atoms with Gasteiger partial charge in [-0.25, -0.2) is 0 Å². The second kappa shape index (κ2) is 9.13. The fraction of sp³-hybridized carbons (Fsp3) is 0.429. The van der Waals surface area contributed by atoms with Crippen LogP contribution in [0.1, 0.15) is 36.0 Å². The molecule has 0 aliphatic heterocycles. The molecule has 1 amide bonds. The molecule has 1 rings (SSSR count). The summed E-state index contributed by atoms with van der Waals surface area (Å²) in [4.78, 5) is 22.8. The number of carbonyl (C=O) groups is 2. The van der Waals surface area contributed by atoms with Crippen LogP contribution in [0, 0.1) is 0 Å². The highest BCUT2D eigenvalue weighted by Crippen LogP contribution is 2.20. The molecule has 0 heterocycles. The fourth-order valence-corrected chi connectivity index (χ4v) is 2.96. The van der Waals surface area contributed by atoms with Crippen LogP contribution in [0.2, 0.25) is 0 Å². The van der Waals surface area contributed by atoms with E-state index in [0.29, 0.717) is 18.5 Å². The zero-order valence-electron chi connectivity index (χ0n) is 11.2. The Labute approximate surface area is 135 Å². The molecule has 0 saturated heterocycles. The first kappa shape index (κ1) is 17.2. The van der Waals surface area contributed by atoms with Crippen molar-refractivity contribution in [2.45, 2.75) is 25.7 Å². The molecule has 0 saturated carbocycles. The van der Waals surface area contributed by atoms with Crippen LogP contribution >= 0.6 is 31.9 Å². The molecule has 4 nitrogen and oxygen atoms in total. The summed E-state index contributed by atoms with van der Waals surface area (Å²) in [6.07, 6.45) is 2.95. The molecule has 0 bridgehead atoms. The highest BCUT2D eigenvalue weighted by atomic mass is 79.9. The number of halogens is 2. The summed E-state index contributed by atoms with van der Waals surface area (Å²) in [6, 6.07) is 5.43. The molecule has 0 radical (unpaired) electrons. The Morgan fingerprint density at radius 3 is 2.35 bits per heavy atom. The Bertz CT molecular complexity index is 457. The molecule has 1 aromatic rings. The number of nitrogens with one attached hydrogen (secondary N) is 1. The normalized spacial score (nSPS) is 10.2. The third kappa shape index (κ3) is 6.52. The third-order valence-electron chi connectivity index (χ3n) is 2.70. The minimum Gasteiger partial charge on any atom is -0.469 e. The largest absolute Gasteiger partial charge is 0.469 e. The number of esters is 1. The number of unbranched alkanes of at least 4 members (excludes halogenated alkanes) is 2. The van der Waals surface area contributed by atoms with Crippen LogP contribution in [-0.4, -0.2) is 25.5 Å². The van der Waals surface area contributed by atoms with E-state index in [1.807, 2.05) is 6.07 Å². The number of rotatable bonds is 7. The molecule has 0 aromatic heterocycles. The van der Waals surface area contributed by atoms with Crippen LogP contribution in [0.3, 0.4) is 0 Å². The van der Waals surface area contributed by atoms with Gasteiger partial charge in [-0.2, -0.15) is 0 Å². The zero-order valence-corrected chi connectivity index (χ0v) is 14.4. The Balaban J connectivity index is 2.25. The summed E-state index contributed by atoms with van der Waals surface area (Å²) in [5, 5.41) is 2.86. The van der Waals surface area contributed by atoms with Crippen molar-refractivity contribution in [2.75, 3.05) is 13.7 Å². The van der Waals surface area contributed by atoms with E-state index >= 15 is 0 Å². The first-order valence-electron chi connectivity index (χ1n) is 6.34. The summed E-state index contributed by atoms with van der Waals surface area (Å²) in [5.74, 6) is -0.284. The van der Waals surface area contributed by atoms with Crippen molar-refractivity contribution in [2.24, 2.45) is 0 Å². The topological polar surface area (TPSA) is 55.4 Å². The van der Waals surface area contributed by atoms with Gasteiger partial charge in [0, 0.05) is 27.5 Å². The number of hydrogen-bond donors (Lipinski definition) is 1. The highest BCUT2D eigenvalue weighted by Gasteiger charge is 2.07. The van der Waals surface area contributed by atoms with Gasteiger partial charge in [-0.1, -0.05) is 38.3 Å². The van der Waals surface area contributed by atoms with Gasteiger partial charge in [0.15, 0.2) is 0 Å². The Hall–Kier alpha value is -0.880. The quantitative estimate of drug-likeness (QED) is 0.555. The monoisotopic (exact) mass is 405 g/mol. The minimum absolute atomic E-state index is 0.0973. The molecule has 0 aliphatic rings. The average Bonchev–Trinajstić information content (AvgIpc) is 2.40. The van der Waals surface area contributed by atoms with Crippen molar-refractivity contribution < 1.29 is 14.3 Å². The van der Waals surface area contributed by atoms with Crippen molar-refractivity contribution in [1.82, 2.24) is 5.32 Å². The molecule has 6 heteroatoms.